The summed E-state index contributed by atoms with van der Waals surface area (Å²) in [5.41, 5.74) is -0.734. The molecule has 1 heterocycles. The molecular weight excluding hydrogens is 240 g/mol. The Kier molecular flexibility index (Phi) is 5.22. The zero-order chi connectivity index (χ0) is 13.7. The van der Waals surface area contributed by atoms with Crippen LogP contribution in [0.3, 0.4) is 0 Å². The van der Waals surface area contributed by atoms with Crippen LogP contribution in [-0.4, -0.2) is 47.2 Å². The van der Waals surface area contributed by atoms with Gasteiger partial charge in [0.05, 0.1) is 12.0 Å². The molecule has 4 nitrogen and oxygen atoms in total. The first-order chi connectivity index (χ1) is 9.13. The van der Waals surface area contributed by atoms with Crippen LogP contribution in [0.2, 0.25) is 0 Å². The summed E-state index contributed by atoms with van der Waals surface area (Å²) in [6.45, 7) is 5.12. The molecule has 2 N–H and O–H groups in total. The number of likely N-dealkylation sites (tertiary alicyclic amines) is 1. The third kappa shape index (κ3) is 4.18. The molecule has 0 aromatic rings. The number of hydrogen-bond acceptors (Lipinski definition) is 3. The van der Waals surface area contributed by atoms with Gasteiger partial charge in [0.1, 0.15) is 0 Å². The average molecular weight is 268 g/mol. The van der Waals surface area contributed by atoms with Crippen LogP contribution >= 0.6 is 0 Å². The van der Waals surface area contributed by atoms with Gasteiger partial charge in [0.15, 0.2) is 0 Å². The topological polar surface area (TPSA) is 52.6 Å². The highest BCUT2D eigenvalue weighted by Crippen LogP contribution is 2.30. The fourth-order valence-electron chi connectivity index (χ4n) is 3.52. The Labute approximate surface area is 116 Å². The molecule has 2 fully saturated rings. The molecule has 2 aliphatic rings. The Balaban J connectivity index is 1.72. The van der Waals surface area contributed by atoms with Crippen molar-refractivity contribution >= 4 is 5.91 Å². The van der Waals surface area contributed by atoms with Crippen molar-refractivity contribution in [2.24, 2.45) is 0 Å². The second-order valence-electron chi connectivity index (χ2n) is 6.19. The van der Waals surface area contributed by atoms with Crippen molar-refractivity contribution in [1.82, 2.24) is 10.2 Å². The van der Waals surface area contributed by atoms with Gasteiger partial charge >= 0.3 is 0 Å². The van der Waals surface area contributed by atoms with E-state index in [0.29, 0.717) is 6.04 Å². The van der Waals surface area contributed by atoms with Crippen LogP contribution < -0.4 is 5.32 Å². The van der Waals surface area contributed by atoms with E-state index in [1.165, 1.54) is 19.3 Å². The zero-order valence-electron chi connectivity index (χ0n) is 12.2. The van der Waals surface area contributed by atoms with E-state index in [1.807, 2.05) is 0 Å². The fourth-order valence-corrected chi connectivity index (χ4v) is 3.52. The van der Waals surface area contributed by atoms with Gasteiger partial charge in [0.25, 0.3) is 0 Å². The molecule has 1 aliphatic heterocycles. The van der Waals surface area contributed by atoms with Crippen LogP contribution in [0, 0.1) is 0 Å². The van der Waals surface area contributed by atoms with Crippen LogP contribution in [-0.2, 0) is 4.79 Å². The quantitative estimate of drug-likeness (QED) is 0.797. The van der Waals surface area contributed by atoms with Gasteiger partial charge in [-0.3, -0.25) is 9.69 Å². The molecule has 1 saturated carbocycles. The van der Waals surface area contributed by atoms with Crippen LogP contribution in [0.5, 0.6) is 0 Å². The second-order valence-corrected chi connectivity index (χ2v) is 6.19. The molecule has 0 bridgehead atoms. The largest absolute Gasteiger partial charge is 0.389 e. The summed E-state index contributed by atoms with van der Waals surface area (Å²) in [4.78, 5) is 14.4. The molecule has 1 atom stereocenters. The van der Waals surface area contributed by atoms with Crippen LogP contribution in [0.25, 0.3) is 0 Å². The van der Waals surface area contributed by atoms with Gasteiger partial charge in [0, 0.05) is 12.6 Å². The summed E-state index contributed by atoms with van der Waals surface area (Å²) >= 11 is 0. The van der Waals surface area contributed by atoms with Crippen LogP contribution in [0.15, 0.2) is 0 Å². The molecule has 1 amide bonds. The number of rotatable bonds is 5. The van der Waals surface area contributed by atoms with Crippen molar-refractivity contribution < 1.29 is 9.90 Å². The van der Waals surface area contributed by atoms with Gasteiger partial charge in [-0.1, -0.05) is 26.2 Å². The fraction of sp³-hybridized carbons (Fsp3) is 0.933. The van der Waals surface area contributed by atoms with Gasteiger partial charge in [-0.25, -0.2) is 0 Å². The maximum Gasteiger partial charge on any atom is 0.222 e. The zero-order valence-corrected chi connectivity index (χ0v) is 12.2. The Hall–Kier alpha value is -0.610. The van der Waals surface area contributed by atoms with Crippen LogP contribution in [0.4, 0.5) is 0 Å². The number of carbonyl (C=O) groups excluding carboxylic acids is 1. The molecular formula is C15H28N2O2. The predicted molar refractivity (Wildman–Crippen MR) is 75.9 cm³/mol. The molecule has 4 heteroatoms. The molecule has 1 saturated heterocycles. The molecule has 0 aromatic heterocycles. The SMILES string of the molecule is CCN1CCCC1CNC(=O)CC1(O)CCCCC1. The molecule has 1 unspecified atom stereocenters. The van der Waals surface area contributed by atoms with Crippen molar-refractivity contribution in [3.05, 3.63) is 0 Å². The van der Waals surface area contributed by atoms with Crippen molar-refractivity contribution in [3.63, 3.8) is 0 Å². The van der Waals surface area contributed by atoms with Gasteiger partial charge < -0.3 is 10.4 Å². The standard InChI is InChI=1S/C15H28N2O2/c1-2-17-10-6-7-13(17)12-16-14(18)11-15(19)8-4-3-5-9-15/h13,19H,2-12H2,1H3,(H,16,18). The lowest BCUT2D eigenvalue weighted by Gasteiger charge is -2.31. The average Bonchev–Trinajstić information content (AvgIpc) is 2.84. The summed E-state index contributed by atoms with van der Waals surface area (Å²) in [5.74, 6) is 0.0207. The number of nitrogens with zero attached hydrogens (tertiary/aromatic N) is 1. The number of carbonyl (C=O) groups is 1. The Morgan fingerprint density at radius 3 is 2.74 bits per heavy atom. The minimum absolute atomic E-state index is 0.0207. The highest BCUT2D eigenvalue weighted by Gasteiger charge is 2.32. The van der Waals surface area contributed by atoms with E-state index in [-0.39, 0.29) is 12.3 Å². The molecule has 0 radical (unpaired) electrons. The number of likely N-dealkylation sites (N-methyl/N-ethyl adjacent to an activating group) is 1. The third-order valence-corrected chi connectivity index (χ3v) is 4.71. The van der Waals surface area contributed by atoms with E-state index in [9.17, 15) is 9.90 Å². The van der Waals surface area contributed by atoms with Gasteiger partial charge in [-0.15, -0.1) is 0 Å². The highest BCUT2D eigenvalue weighted by atomic mass is 16.3. The van der Waals surface area contributed by atoms with E-state index < -0.39 is 5.60 Å². The summed E-state index contributed by atoms with van der Waals surface area (Å²) in [7, 11) is 0. The van der Waals surface area contributed by atoms with E-state index in [4.69, 9.17) is 0 Å². The van der Waals surface area contributed by atoms with Gasteiger partial charge in [0.2, 0.25) is 5.91 Å². The van der Waals surface area contributed by atoms with E-state index in [2.05, 4.69) is 17.1 Å². The maximum absolute atomic E-state index is 12.0. The lowest BCUT2D eigenvalue weighted by atomic mass is 9.82. The number of hydrogen-bond donors (Lipinski definition) is 2. The van der Waals surface area contributed by atoms with E-state index in [1.54, 1.807) is 0 Å². The second kappa shape index (κ2) is 6.71. The number of amides is 1. The van der Waals surface area contributed by atoms with Crippen molar-refractivity contribution in [2.75, 3.05) is 19.6 Å². The molecule has 1 aliphatic carbocycles. The number of aliphatic hydroxyl groups is 1. The predicted octanol–water partition coefficient (Wildman–Crippen LogP) is 1.67. The van der Waals surface area contributed by atoms with E-state index >= 15 is 0 Å². The van der Waals surface area contributed by atoms with Gasteiger partial charge in [-0.2, -0.15) is 0 Å². The summed E-state index contributed by atoms with van der Waals surface area (Å²) in [5, 5.41) is 13.4. The Morgan fingerprint density at radius 1 is 1.32 bits per heavy atom. The highest BCUT2D eigenvalue weighted by molar-refractivity contribution is 5.77. The minimum Gasteiger partial charge on any atom is -0.389 e. The third-order valence-electron chi connectivity index (χ3n) is 4.71. The van der Waals surface area contributed by atoms with Crippen molar-refractivity contribution in [3.8, 4) is 0 Å². The molecule has 0 aromatic carbocycles. The normalized spacial score (nSPS) is 27.4. The van der Waals surface area contributed by atoms with Crippen LogP contribution in [0.1, 0.15) is 58.3 Å². The van der Waals surface area contributed by atoms with Crippen molar-refractivity contribution in [1.29, 1.82) is 0 Å². The summed E-state index contributed by atoms with van der Waals surface area (Å²) < 4.78 is 0. The number of nitrogens with one attached hydrogen (secondary N) is 1. The first-order valence-electron chi connectivity index (χ1n) is 7.86. The summed E-state index contributed by atoms with van der Waals surface area (Å²) in [6.07, 6.45) is 7.56. The smallest absolute Gasteiger partial charge is 0.222 e. The summed E-state index contributed by atoms with van der Waals surface area (Å²) in [6, 6.07) is 0.495. The maximum atomic E-state index is 12.0. The first kappa shape index (κ1) is 14.8. The molecule has 19 heavy (non-hydrogen) atoms. The monoisotopic (exact) mass is 268 g/mol. The lowest BCUT2D eigenvalue weighted by molar-refractivity contribution is -0.127. The Morgan fingerprint density at radius 2 is 2.05 bits per heavy atom. The lowest BCUT2D eigenvalue weighted by Crippen LogP contribution is -2.43. The first-order valence-corrected chi connectivity index (χ1v) is 7.86. The molecule has 110 valence electrons. The van der Waals surface area contributed by atoms with Crippen molar-refractivity contribution in [2.45, 2.75) is 69.9 Å². The Bertz CT molecular complexity index is 301. The molecule has 0 spiro atoms. The van der Waals surface area contributed by atoms with E-state index in [0.717, 1.165) is 45.3 Å². The minimum atomic E-state index is -0.734. The van der Waals surface area contributed by atoms with Gasteiger partial charge in [-0.05, 0) is 38.8 Å². The molecule has 2 rings (SSSR count).